The third kappa shape index (κ3) is 3.27. The molecule has 2 aromatic rings. The molecule has 0 radical (unpaired) electrons. The van der Waals surface area contributed by atoms with E-state index in [1.54, 1.807) is 12.4 Å². The van der Waals surface area contributed by atoms with Crippen molar-refractivity contribution in [2.75, 3.05) is 10.6 Å². The summed E-state index contributed by atoms with van der Waals surface area (Å²) in [7, 11) is 0. The zero-order valence-corrected chi connectivity index (χ0v) is 11.2. The average molecular weight is 278 g/mol. The van der Waals surface area contributed by atoms with Gasteiger partial charge in [0.15, 0.2) is 0 Å². The molecule has 0 spiro atoms. The van der Waals surface area contributed by atoms with Crippen LogP contribution in [-0.4, -0.2) is 12.2 Å². The molecule has 104 valence electrons. The quantitative estimate of drug-likeness (QED) is 0.790. The van der Waals surface area contributed by atoms with Gasteiger partial charge in [-0.1, -0.05) is 36.4 Å². The zero-order chi connectivity index (χ0) is 14.5. The highest BCUT2D eigenvalue weighted by Gasteiger charge is 2.08. The van der Waals surface area contributed by atoms with E-state index in [1.165, 1.54) is 0 Å². The van der Waals surface area contributed by atoms with Crippen LogP contribution in [0.1, 0.15) is 5.56 Å². The second-order valence-corrected chi connectivity index (χ2v) is 4.48. The molecule has 5 nitrogen and oxygen atoms in total. The standard InChI is InChI=1S/C16H14N4O/c21-16(18-13-7-2-1-3-8-13)20-15-11-17-10-12-6-4-5-9-14(12)19-15/h1-11,19H,(H2,18,20,21). The lowest BCUT2D eigenvalue weighted by Gasteiger charge is -2.12. The molecule has 5 heteroatoms. The Morgan fingerprint density at radius 3 is 2.57 bits per heavy atom. The number of fused-ring (bicyclic) bond motifs is 1. The van der Waals surface area contributed by atoms with Crippen molar-refractivity contribution < 1.29 is 4.79 Å². The monoisotopic (exact) mass is 278 g/mol. The number of nitrogens with one attached hydrogen (secondary N) is 3. The number of carbonyl (C=O) groups is 1. The smallest absolute Gasteiger partial charge is 0.324 e. The predicted molar refractivity (Wildman–Crippen MR) is 84.3 cm³/mol. The van der Waals surface area contributed by atoms with Gasteiger partial charge in [-0.2, -0.15) is 0 Å². The van der Waals surface area contributed by atoms with E-state index in [4.69, 9.17) is 0 Å². The number of urea groups is 1. The summed E-state index contributed by atoms with van der Waals surface area (Å²) in [6.45, 7) is 0. The average Bonchev–Trinajstić information content (AvgIpc) is 2.69. The van der Waals surface area contributed by atoms with Crippen LogP contribution in [0.3, 0.4) is 0 Å². The van der Waals surface area contributed by atoms with Crippen molar-refractivity contribution in [3.63, 3.8) is 0 Å². The summed E-state index contributed by atoms with van der Waals surface area (Å²) in [5, 5.41) is 8.63. The molecule has 1 aliphatic rings. The van der Waals surface area contributed by atoms with E-state index < -0.39 is 0 Å². The Morgan fingerprint density at radius 1 is 0.952 bits per heavy atom. The maximum absolute atomic E-state index is 11.9. The van der Waals surface area contributed by atoms with Gasteiger partial charge in [0.2, 0.25) is 0 Å². The molecule has 21 heavy (non-hydrogen) atoms. The van der Waals surface area contributed by atoms with Gasteiger partial charge < -0.3 is 10.6 Å². The van der Waals surface area contributed by atoms with Crippen LogP contribution in [0, 0.1) is 0 Å². The summed E-state index contributed by atoms with van der Waals surface area (Å²) in [6, 6.07) is 16.7. The van der Waals surface area contributed by atoms with E-state index in [0.29, 0.717) is 5.82 Å². The number of nitrogens with zero attached hydrogens (tertiary/aromatic N) is 1. The summed E-state index contributed by atoms with van der Waals surface area (Å²) in [4.78, 5) is 16.1. The predicted octanol–water partition coefficient (Wildman–Crippen LogP) is 3.15. The molecule has 0 aromatic heterocycles. The number of aliphatic imine (C=N–C) groups is 1. The Kier molecular flexibility index (Phi) is 3.64. The van der Waals surface area contributed by atoms with Gasteiger partial charge in [0.25, 0.3) is 0 Å². The van der Waals surface area contributed by atoms with Gasteiger partial charge in [-0.25, -0.2) is 4.79 Å². The highest BCUT2D eigenvalue weighted by molar-refractivity contribution is 5.92. The Morgan fingerprint density at radius 2 is 1.71 bits per heavy atom. The SMILES string of the molecule is O=C(NC1=CN=Cc2ccccc2N1)Nc1ccccc1. The first-order valence-corrected chi connectivity index (χ1v) is 6.54. The van der Waals surface area contributed by atoms with Gasteiger partial charge in [0, 0.05) is 23.2 Å². The maximum Gasteiger partial charge on any atom is 0.324 e. The van der Waals surface area contributed by atoms with Crippen LogP contribution >= 0.6 is 0 Å². The van der Waals surface area contributed by atoms with Crippen molar-refractivity contribution >= 4 is 23.6 Å². The van der Waals surface area contributed by atoms with Crippen LogP contribution < -0.4 is 16.0 Å². The highest BCUT2D eigenvalue weighted by Crippen LogP contribution is 2.16. The van der Waals surface area contributed by atoms with Crippen LogP contribution in [0.5, 0.6) is 0 Å². The lowest BCUT2D eigenvalue weighted by Crippen LogP contribution is -2.31. The van der Waals surface area contributed by atoms with E-state index in [-0.39, 0.29) is 6.03 Å². The summed E-state index contributed by atoms with van der Waals surface area (Å²) in [5.41, 5.74) is 2.59. The van der Waals surface area contributed by atoms with Crippen LogP contribution in [-0.2, 0) is 0 Å². The van der Waals surface area contributed by atoms with Crippen molar-refractivity contribution in [2.24, 2.45) is 4.99 Å². The number of carbonyl (C=O) groups excluding carboxylic acids is 1. The minimum atomic E-state index is -0.325. The lowest BCUT2D eigenvalue weighted by atomic mass is 10.2. The van der Waals surface area contributed by atoms with E-state index in [0.717, 1.165) is 16.9 Å². The normalized spacial score (nSPS) is 12.5. The number of para-hydroxylation sites is 2. The van der Waals surface area contributed by atoms with Crippen molar-refractivity contribution in [3.05, 3.63) is 72.2 Å². The van der Waals surface area contributed by atoms with E-state index in [1.807, 2.05) is 54.6 Å². The number of anilines is 2. The van der Waals surface area contributed by atoms with E-state index in [2.05, 4.69) is 20.9 Å². The van der Waals surface area contributed by atoms with Crippen LogP contribution in [0.15, 0.2) is 71.6 Å². The molecule has 2 amide bonds. The molecule has 0 unspecified atom stereocenters. The number of benzene rings is 2. The first-order valence-electron chi connectivity index (χ1n) is 6.54. The van der Waals surface area contributed by atoms with Gasteiger partial charge in [-0.15, -0.1) is 0 Å². The molecule has 0 fully saturated rings. The van der Waals surface area contributed by atoms with Crippen molar-refractivity contribution in [1.29, 1.82) is 0 Å². The fourth-order valence-corrected chi connectivity index (χ4v) is 1.96. The number of amides is 2. The third-order valence-corrected chi connectivity index (χ3v) is 2.93. The van der Waals surface area contributed by atoms with Crippen molar-refractivity contribution in [2.45, 2.75) is 0 Å². The fourth-order valence-electron chi connectivity index (χ4n) is 1.96. The lowest BCUT2D eigenvalue weighted by molar-refractivity contribution is 0.254. The van der Waals surface area contributed by atoms with Crippen LogP contribution in [0.2, 0.25) is 0 Å². The molecule has 3 N–H and O–H groups in total. The van der Waals surface area contributed by atoms with Crippen LogP contribution in [0.25, 0.3) is 0 Å². The van der Waals surface area contributed by atoms with Crippen molar-refractivity contribution in [3.8, 4) is 0 Å². The summed E-state index contributed by atoms with van der Waals surface area (Å²) >= 11 is 0. The molecule has 0 saturated carbocycles. The first kappa shape index (κ1) is 12.9. The molecule has 1 heterocycles. The van der Waals surface area contributed by atoms with Crippen molar-refractivity contribution in [1.82, 2.24) is 5.32 Å². The number of hydrogen-bond donors (Lipinski definition) is 3. The summed E-state index contributed by atoms with van der Waals surface area (Å²) in [6.07, 6.45) is 3.32. The molecular formula is C16H14N4O. The van der Waals surface area contributed by atoms with E-state index >= 15 is 0 Å². The Balaban J connectivity index is 1.67. The molecule has 3 rings (SSSR count). The molecular weight excluding hydrogens is 264 g/mol. The molecule has 0 aliphatic carbocycles. The maximum atomic E-state index is 11.9. The van der Waals surface area contributed by atoms with E-state index in [9.17, 15) is 4.79 Å². The van der Waals surface area contributed by atoms with Gasteiger partial charge in [0.1, 0.15) is 5.82 Å². The largest absolute Gasteiger partial charge is 0.340 e. The highest BCUT2D eigenvalue weighted by atomic mass is 16.2. The Bertz CT molecular complexity index is 707. The number of rotatable bonds is 2. The first-order chi connectivity index (χ1) is 10.3. The van der Waals surface area contributed by atoms with Gasteiger partial charge in [0.05, 0.1) is 6.20 Å². The van der Waals surface area contributed by atoms with Gasteiger partial charge in [-0.3, -0.25) is 10.3 Å². The molecule has 0 atom stereocenters. The Labute approximate surface area is 122 Å². The van der Waals surface area contributed by atoms with Crippen LogP contribution in [0.4, 0.5) is 16.2 Å². The summed E-state index contributed by atoms with van der Waals surface area (Å²) in [5.74, 6) is 0.518. The molecule has 1 aliphatic heterocycles. The summed E-state index contributed by atoms with van der Waals surface area (Å²) < 4.78 is 0. The van der Waals surface area contributed by atoms with Gasteiger partial charge in [-0.05, 0) is 18.2 Å². The molecule has 2 aromatic carbocycles. The van der Waals surface area contributed by atoms with Gasteiger partial charge >= 0.3 is 6.03 Å². The minimum Gasteiger partial charge on any atom is -0.340 e. The number of hydrogen-bond acceptors (Lipinski definition) is 3. The second-order valence-electron chi connectivity index (χ2n) is 4.48. The molecule has 0 bridgehead atoms. The molecule has 0 saturated heterocycles. The zero-order valence-electron chi connectivity index (χ0n) is 11.2. The minimum absolute atomic E-state index is 0.325. The second kappa shape index (κ2) is 5.92. The third-order valence-electron chi connectivity index (χ3n) is 2.93. The Hall–Kier alpha value is -3.08. The topological polar surface area (TPSA) is 65.5 Å². The fraction of sp³-hybridized carbons (Fsp3) is 0.